The van der Waals surface area contributed by atoms with E-state index in [1.165, 1.54) is 0 Å². The lowest BCUT2D eigenvalue weighted by Crippen LogP contribution is -2.40. The molecule has 0 spiro atoms. The summed E-state index contributed by atoms with van der Waals surface area (Å²) in [6.45, 7) is 7.82. The highest BCUT2D eigenvalue weighted by Gasteiger charge is 2.28. The molecule has 1 aromatic carbocycles. The molecule has 108 valence electrons. The molecule has 1 N–H and O–H groups in total. The van der Waals surface area contributed by atoms with Crippen molar-refractivity contribution in [1.29, 1.82) is 0 Å². The summed E-state index contributed by atoms with van der Waals surface area (Å²) in [5.74, 6) is 0. The molecule has 2 aromatic rings. The quantitative estimate of drug-likeness (QED) is 0.688. The normalized spacial score (nSPS) is 15.3. The van der Waals surface area contributed by atoms with Crippen molar-refractivity contribution in [2.45, 2.75) is 38.5 Å². The third-order valence-corrected chi connectivity index (χ3v) is 4.90. The van der Waals surface area contributed by atoms with Crippen LogP contribution in [0, 0.1) is 0 Å². The van der Waals surface area contributed by atoms with Gasteiger partial charge in [-0.1, -0.05) is 29.8 Å². The van der Waals surface area contributed by atoms with E-state index in [2.05, 4.69) is 9.71 Å². The molecule has 5 heteroatoms. The lowest BCUT2D eigenvalue weighted by atomic mass is 10.0. The molecule has 3 nitrogen and oxygen atoms in total. The highest BCUT2D eigenvalue weighted by Crippen LogP contribution is 2.27. The maximum absolute atomic E-state index is 12.2. The Labute approximate surface area is 128 Å². The highest BCUT2D eigenvalue weighted by molar-refractivity contribution is 7.90. The van der Waals surface area contributed by atoms with Crippen molar-refractivity contribution in [3.63, 3.8) is 0 Å². The first kappa shape index (κ1) is 15.6. The molecule has 20 heavy (non-hydrogen) atoms. The Balaban J connectivity index is 2.37. The number of nitrogens with one attached hydrogen (secondary N) is 1. The number of fused-ring (bicyclic) bond motifs is 1. The van der Waals surface area contributed by atoms with Crippen LogP contribution in [0.4, 0.5) is 0 Å². The average molecular weight is 311 g/mol. The average Bonchev–Trinajstić information content (AvgIpc) is 2.36. The third-order valence-electron chi connectivity index (χ3n) is 3.02. The molecule has 0 saturated heterocycles. The van der Waals surface area contributed by atoms with Crippen LogP contribution in [0.2, 0.25) is 5.15 Å². The topological polar surface area (TPSA) is 48.0 Å². The molecule has 0 radical (unpaired) electrons. The van der Waals surface area contributed by atoms with E-state index >= 15 is 0 Å². The van der Waals surface area contributed by atoms with Gasteiger partial charge in [-0.05, 0) is 45.4 Å². The Hall–Kier alpha value is -0.810. The lowest BCUT2D eigenvalue weighted by molar-refractivity contribution is 0.532. The minimum absolute atomic E-state index is 0.0690. The van der Waals surface area contributed by atoms with Crippen LogP contribution >= 0.6 is 11.6 Å². The van der Waals surface area contributed by atoms with Gasteiger partial charge in [-0.3, -0.25) is 0 Å². The highest BCUT2D eigenvalue weighted by atomic mass is 35.5. The number of hydrogen-bond donors (Lipinski definition) is 1. The number of para-hydroxylation sites is 1. The minimum Gasteiger partial charge on any atom is -0.598 e. The molecule has 0 bridgehead atoms. The molecular weight excluding hydrogens is 292 g/mol. The predicted molar refractivity (Wildman–Crippen MR) is 86.2 cm³/mol. The summed E-state index contributed by atoms with van der Waals surface area (Å²) in [5.41, 5.74) is 1.86. The summed E-state index contributed by atoms with van der Waals surface area (Å²) in [7, 11) is 0. The van der Waals surface area contributed by atoms with Gasteiger partial charge in [0.15, 0.2) is 0 Å². The summed E-state index contributed by atoms with van der Waals surface area (Å²) in [4.78, 5) is 4.31. The smallest absolute Gasteiger partial charge is 0.136 e. The molecule has 0 aliphatic rings. The van der Waals surface area contributed by atoms with Crippen LogP contribution in [0.25, 0.3) is 10.9 Å². The molecule has 0 aliphatic heterocycles. The van der Waals surface area contributed by atoms with Gasteiger partial charge < -0.3 is 4.55 Å². The Morgan fingerprint density at radius 1 is 1.30 bits per heavy atom. The van der Waals surface area contributed by atoms with E-state index in [1.807, 2.05) is 58.0 Å². The van der Waals surface area contributed by atoms with Crippen LogP contribution < -0.4 is 4.72 Å². The molecule has 2 rings (SSSR count). The Bertz CT molecular complexity index is 612. The van der Waals surface area contributed by atoms with Gasteiger partial charge in [0.25, 0.3) is 0 Å². The van der Waals surface area contributed by atoms with Gasteiger partial charge in [-0.25, -0.2) is 4.98 Å². The van der Waals surface area contributed by atoms with E-state index in [1.54, 1.807) is 0 Å². The Morgan fingerprint density at radius 3 is 2.60 bits per heavy atom. The first-order valence-corrected chi connectivity index (χ1v) is 8.05. The molecule has 0 fully saturated rings. The van der Waals surface area contributed by atoms with Gasteiger partial charge in [-0.2, -0.15) is 0 Å². The molecular formula is C15H19ClN2OS. The standard InChI is InChI=1S/C15H19ClN2OS/c1-10(18-20(19)15(2,3)4)12-9-14(16)17-13-8-6-5-7-11(12)13/h5-10,18H,1-4H3/t10-,20+/m1/s1. The molecule has 0 saturated carbocycles. The van der Waals surface area contributed by atoms with Gasteiger partial charge in [0.05, 0.1) is 11.6 Å². The van der Waals surface area contributed by atoms with Crippen molar-refractivity contribution in [3.05, 3.63) is 41.0 Å². The number of rotatable bonds is 3. The summed E-state index contributed by atoms with van der Waals surface area (Å²) in [5, 5.41) is 1.48. The second kappa shape index (κ2) is 5.90. The van der Waals surface area contributed by atoms with E-state index < -0.39 is 11.4 Å². The van der Waals surface area contributed by atoms with Crippen molar-refractivity contribution in [2.75, 3.05) is 0 Å². The fourth-order valence-corrected chi connectivity index (χ4v) is 2.94. The van der Waals surface area contributed by atoms with Crippen LogP contribution in [0.5, 0.6) is 0 Å². The number of aromatic nitrogens is 1. The Kier molecular flexibility index (Phi) is 4.59. The lowest BCUT2D eigenvalue weighted by Gasteiger charge is -2.27. The fraction of sp³-hybridized carbons (Fsp3) is 0.400. The predicted octanol–water partition coefficient (Wildman–Crippen LogP) is 4.00. The van der Waals surface area contributed by atoms with E-state index in [9.17, 15) is 4.55 Å². The van der Waals surface area contributed by atoms with Gasteiger partial charge >= 0.3 is 0 Å². The molecule has 0 unspecified atom stereocenters. The SMILES string of the molecule is C[C@@H](N[S@@+]([O-])C(C)(C)C)c1cc(Cl)nc2ccccc12. The molecule has 1 aromatic heterocycles. The van der Waals surface area contributed by atoms with Gasteiger partial charge in [0, 0.05) is 16.7 Å². The number of halogens is 1. The number of nitrogens with zero attached hydrogens (tertiary/aromatic N) is 1. The molecule has 1 heterocycles. The second-order valence-corrected chi connectivity index (χ2v) is 8.16. The van der Waals surface area contributed by atoms with E-state index in [-0.39, 0.29) is 10.8 Å². The zero-order valence-electron chi connectivity index (χ0n) is 12.1. The summed E-state index contributed by atoms with van der Waals surface area (Å²) < 4.78 is 15.1. The van der Waals surface area contributed by atoms with Crippen molar-refractivity contribution >= 4 is 33.9 Å². The van der Waals surface area contributed by atoms with E-state index in [0.717, 1.165) is 16.5 Å². The zero-order chi connectivity index (χ0) is 14.9. The molecule has 0 amide bonds. The number of hydrogen-bond acceptors (Lipinski definition) is 3. The maximum atomic E-state index is 12.2. The minimum atomic E-state index is -1.13. The maximum Gasteiger partial charge on any atom is 0.136 e. The van der Waals surface area contributed by atoms with Crippen molar-refractivity contribution < 1.29 is 4.55 Å². The summed E-state index contributed by atoms with van der Waals surface area (Å²) in [6.07, 6.45) is 0. The largest absolute Gasteiger partial charge is 0.598 e. The van der Waals surface area contributed by atoms with Crippen molar-refractivity contribution in [1.82, 2.24) is 9.71 Å². The third kappa shape index (κ3) is 3.44. The zero-order valence-corrected chi connectivity index (χ0v) is 13.7. The number of pyridine rings is 1. The number of benzene rings is 1. The summed E-state index contributed by atoms with van der Waals surface area (Å²) in [6, 6.07) is 9.60. The van der Waals surface area contributed by atoms with Crippen molar-refractivity contribution in [3.8, 4) is 0 Å². The van der Waals surface area contributed by atoms with Crippen LogP contribution in [0.15, 0.2) is 30.3 Å². The van der Waals surface area contributed by atoms with Gasteiger partial charge in [0.1, 0.15) is 9.90 Å². The molecule has 2 atom stereocenters. The molecule has 0 aliphatic carbocycles. The Morgan fingerprint density at radius 2 is 1.95 bits per heavy atom. The fourth-order valence-electron chi connectivity index (χ4n) is 1.93. The van der Waals surface area contributed by atoms with E-state index in [4.69, 9.17) is 11.6 Å². The van der Waals surface area contributed by atoms with Gasteiger partial charge in [0.2, 0.25) is 0 Å². The first-order valence-electron chi connectivity index (χ1n) is 6.52. The van der Waals surface area contributed by atoms with Crippen LogP contribution in [-0.4, -0.2) is 14.3 Å². The van der Waals surface area contributed by atoms with Crippen molar-refractivity contribution in [2.24, 2.45) is 0 Å². The van der Waals surface area contributed by atoms with Crippen LogP contribution in [0.1, 0.15) is 39.3 Å². The van der Waals surface area contributed by atoms with Gasteiger partial charge in [-0.15, -0.1) is 4.72 Å². The first-order chi connectivity index (χ1) is 9.29. The van der Waals surface area contributed by atoms with Crippen LogP contribution in [0.3, 0.4) is 0 Å². The monoisotopic (exact) mass is 310 g/mol. The van der Waals surface area contributed by atoms with E-state index in [0.29, 0.717) is 5.15 Å². The van der Waals surface area contributed by atoms with Crippen LogP contribution in [-0.2, 0) is 11.4 Å². The summed E-state index contributed by atoms with van der Waals surface area (Å²) >= 11 is 4.95. The second-order valence-electron chi connectivity index (χ2n) is 5.77.